The van der Waals surface area contributed by atoms with E-state index in [0.717, 1.165) is 61.3 Å². The van der Waals surface area contributed by atoms with Gasteiger partial charge < -0.3 is 19.6 Å². The molecule has 0 spiro atoms. The molecule has 2 atom stereocenters. The number of hydrogen-bond acceptors (Lipinski definition) is 12. The number of amides is 5. The third-order valence-corrected chi connectivity index (χ3v) is 12.6. The van der Waals surface area contributed by atoms with E-state index in [1.165, 1.54) is 9.80 Å². The van der Waals surface area contributed by atoms with Gasteiger partial charge in [0.15, 0.2) is 5.84 Å². The van der Waals surface area contributed by atoms with E-state index in [1.807, 2.05) is 25.1 Å². The number of nitrogens with one attached hydrogen (secondary N) is 3. The van der Waals surface area contributed by atoms with Gasteiger partial charge in [-0.15, -0.1) is 0 Å². The molecule has 17 nitrogen and oxygen atoms in total. The van der Waals surface area contributed by atoms with Crippen LogP contribution in [0, 0.1) is 22.7 Å². The number of piperidine rings is 1. The number of carbonyl (C=O) groups excluding carboxylic acids is 5. The van der Waals surface area contributed by atoms with Crippen LogP contribution in [0.5, 0.6) is 0 Å². The quantitative estimate of drug-likeness (QED) is 0.111. The minimum absolute atomic E-state index is 0.0410. The Morgan fingerprint density at radius 3 is 2.45 bits per heavy atom. The zero-order valence-electron chi connectivity index (χ0n) is 35.4. The summed E-state index contributed by atoms with van der Waals surface area (Å²) in [5.74, 6) is 6.51. The van der Waals surface area contributed by atoms with Crippen LogP contribution >= 0.6 is 0 Å². The molecule has 5 amide bonds. The largest absolute Gasteiger partial charge is 0.354 e. The summed E-state index contributed by atoms with van der Waals surface area (Å²) in [5, 5.41) is 18.6. The number of benzene rings is 1. The first-order valence-electron chi connectivity index (χ1n) is 21.3. The second-order valence-electron chi connectivity index (χ2n) is 16.5. The van der Waals surface area contributed by atoms with Crippen molar-refractivity contribution >= 4 is 53.3 Å². The fourth-order valence-electron chi connectivity index (χ4n) is 8.89. The smallest absolute Gasteiger partial charge is 0.260 e. The zero-order valence-corrected chi connectivity index (χ0v) is 35.4. The molecule has 0 aliphatic carbocycles. The second kappa shape index (κ2) is 17.8. The Morgan fingerprint density at radius 2 is 1.73 bits per heavy atom. The minimum Gasteiger partial charge on any atom is -0.354 e. The molecule has 0 saturated carbocycles. The molecule has 2 aromatic heterocycles. The number of likely N-dealkylation sites (N-methyl/N-ethyl adjacent to an activating group) is 1. The molecule has 1 unspecified atom stereocenters. The summed E-state index contributed by atoms with van der Waals surface area (Å²) in [7, 11) is 1.78. The summed E-state index contributed by atoms with van der Waals surface area (Å²) in [4.78, 5) is 87.6. The van der Waals surface area contributed by atoms with Crippen LogP contribution in [0.3, 0.4) is 0 Å². The topological polar surface area (TPSA) is 194 Å². The number of rotatable bonds is 11. The van der Waals surface area contributed by atoms with Crippen molar-refractivity contribution in [3.63, 3.8) is 0 Å². The van der Waals surface area contributed by atoms with E-state index in [4.69, 9.17) is 15.8 Å². The van der Waals surface area contributed by atoms with Crippen LogP contribution < -0.4 is 15.1 Å². The predicted molar refractivity (Wildman–Crippen MR) is 232 cm³/mol. The SMILES string of the molecule is CCN(C=N)C(=N)c1cccc(N2Cc3c(cc(N4CCC[C@H]4C)nc3CN(C)C(=O)CN3CCN(CC#Cc4ccc5c(c4)CN(C4CCC(=O)NC4=O)C5=O)CC3)C2=O)n1. The number of nitrogens with zero attached hydrogens (tertiary/aromatic N) is 9. The van der Waals surface area contributed by atoms with Crippen LogP contribution in [-0.4, -0.2) is 148 Å². The number of fused-ring (bicyclic) bond motifs is 2. The number of anilines is 2. The maximum absolute atomic E-state index is 14.1. The molecule has 322 valence electrons. The standard InChI is InChI=1S/C45H52N12O5/c1-4-54(28-46)42(47)35-10-5-11-38(48-35)57-25-34-33(45(57)62)23-39(55-17-6-8-29(55)2)49-36(34)26-51(3)41(59)27-53-20-18-52(19-21-53)16-7-9-30-12-13-32-31(22-30)24-56(44(32)61)37-14-15-40(58)50-43(37)60/h5,10-13,22-23,28-29,37,46-47H,4,6,8,14-21,24-27H2,1-3H3,(H,50,58,60)/t29-,37?/m1/s1. The third kappa shape index (κ3) is 8.52. The van der Waals surface area contributed by atoms with Gasteiger partial charge in [-0.05, 0) is 75.1 Å². The zero-order chi connectivity index (χ0) is 43.7. The van der Waals surface area contributed by atoms with Crippen molar-refractivity contribution in [2.45, 2.75) is 71.2 Å². The van der Waals surface area contributed by atoms with E-state index in [9.17, 15) is 24.0 Å². The van der Waals surface area contributed by atoms with Crippen molar-refractivity contribution in [1.82, 2.24) is 39.8 Å². The summed E-state index contributed by atoms with van der Waals surface area (Å²) in [6.07, 6.45) is 3.69. The second-order valence-corrected chi connectivity index (χ2v) is 16.5. The number of carbonyl (C=O) groups is 5. The number of aromatic nitrogens is 2. The van der Waals surface area contributed by atoms with E-state index in [-0.39, 0.29) is 61.6 Å². The Bertz CT molecular complexity index is 2400. The Hall–Kier alpha value is -6.51. The van der Waals surface area contributed by atoms with Gasteiger partial charge in [-0.25, -0.2) is 9.97 Å². The number of piperazine rings is 1. The summed E-state index contributed by atoms with van der Waals surface area (Å²) in [5.41, 5.74) is 4.51. The van der Waals surface area contributed by atoms with Crippen molar-refractivity contribution in [1.29, 1.82) is 10.8 Å². The van der Waals surface area contributed by atoms with E-state index < -0.39 is 11.9 Å². The van der Waals surface area contributed by atoms with Crippen molar-refractivity contribution in [2.24, 2.45) is 0 Å². The van der Waals surface area contributed by atoms with Crippen LogP contribution in [0.25, 0.3) is 0 Å². The maximum Gasteiger partial charge on any atom is 0.260 e. The molecular formula is C45H52N12O5. The molecular weight excluding hydrogens is 789 g/mol. The molecule has 0 bridgehead atoms. The minimum atomic E-state index is -0.655. The molecule has 5 aliphatic rings. The van der Waals surface area contributed by atoms with Crippen LogP contribution in [0.15, 0.2) is 42.5 Å². The number of imide groups is 1. The Morgan fingerprint density at radius 1 is 0.935 bits per heavy atom. The average molecular weight is 841 g/mol. The first-order chi connectivity index (χ1) is 29.9. The van der Waals surface area contributed by atoms with Crippen LogP contribution in [0.2, 0.25) is 0 Å². The lowest BCUT2D eigenvalue weighted by atomic mass is 10.0. The first-order valence-corrected chi connectivity index (χ1v) is 21.3. The summed E-state index contributed by atoms with van der Waals surface area (Å²) in [6, 6.07) is 12.2. The van der Waals surface area contributed by atoms with Crippen LogP contribution in [0.1, 0.15) is 88.3 Å². The Labute approximate surface area is 361 Å². The normalized spacial score (nSPS) is 20.1. The lowest BCUT2D eigenvalue weighted by molar-refractivity contribution is -0.137. The summed E-state index contributed by atoms with van der Waals surface area (Å²) < 4.78 is 0. The van der Waals surface area contributed by atoms with Crippen molar-refractivity contribution in [3.05, 3.63) is 81.7 Å². The first kappa shape index (κ1) is 42.2. The van der Waals surface area contributed by atoms with Gasteiger partial charge in [0.1, 0.15) is 23.4 Å². The van der Waals surface area contributed by atoms with Crippen molar-refractivity contribution in [2.75, 3.05) is 69.2 Å². The Kier molecular flexibility index (Phi) is 12.1. The molecule has 3 N–H and O–H groups in total. The molecule has 1 aromatic carbocycles. The van der Waals surface area contributed by atoms with E-state index in [0.29, 0.717) is 67.5 Å². The molecule has 5 aliphatic heterocycles. The lowest BCUT2D eigenvalue weighted by Crippen LogP contribution is -2.52. The van der Waals surface area contributed by atoms with Crippen LogP contribution in [-0.2, 0) is 34.0 Å². The maximum atomic E-state index is 14.1. The molecule has 8 rings (SSSR count). The third-order valence-electron chi connectivity index (χ3n) is 12.6. The fraction of sp³-hybridized carbons (Fsp3) is 0.444. The highest BCUT2D eigenvalue weighted by atomic mass is 16.2. The van der Waals surface area contributed by atoms with E-state index in [1.54, 1.807) is 41.1 Å². The fourth-order valence-corrected chi connectivity index (χ4v) is 8.89. The van der Waals surface area contributed by atoms with Crippen molar-refractivity contribution < 1.29 is 24.0 Å². The number of hydrogen-bond donors (Lipinski definition) is 3. The Balaban J connectivity index is 0.876. The highest BCUT2D eigenvalue weighted by molar-refractivity contribution is 6.10. The van der Waals surface area contributed by atoms with Gasteiger partial charge in [-0.1, -0.05) is 17.9 Å². The van der Waals surface area contributed by atoms with E-state index in [2.05, 4.69) is 43.8 Å². The molecule has 0 radical (unpaired) electrons. The van der Waals surface area contributed by atoms with Crippen molar-refractivity contribution in [3.8, 4) is 11.8 Å². The van der Waals surface area contributed by atoms with Gasteiger partial charge in [0, 0.05) is 82.0 Å². The lowest BCUT2D eigenvalue weighted by Gasteiger charge is -2.34. The van der Waals surface area contributed by atoms with Gasteiger partial charge in [0.25, 0.3) is 11.8 Å². The highest BCUT2D eigenvalue weighted by Crippen LogP contribution is 2.34. The number of amidine groups is 1. The predicted octanol–water partition coefficient (Wildman–Crippen LogP) is 2.27. The monoisotopic (exact) mass is 840 g/mol. The molecule has 17 heteroatoms. The molecule has 3 aromatic rings. The van der Waals surface area contributed by atoms with Gasteiger partial charge in [0.05, 0.1) is 43.8 Å². The van der Waals surface area contributed by atoms with Gasteiger partial charge >= 0.3 is 0 Å². The molecule has 3 fully saturated rings. The number of pyridine rings is 2. The van der Waals surface area contributed by atoms with E-state index >= 15 is 0 Å². The molecule has 7 heterocycles. The highest BCUT2D eigenvalue weighted by Gasteiger charge is 2.39. The average Bonchev–Trinajstić information content (AvgIpc) is 3.95. The molecule has 3 saturated heterocycles. The summed E-state index contributed by atoms with van der Waals surface area (Å²) in [6.45, 7) is 9.80. The van der Waals surface area contributed by atoms with Gasteiger partial charge in [-0.2, -0.15) is 0 Å². The van der Waals surface area contributed by atoms with Gasteiger partial charge in [-0.3, -0.25) is 54.8 Å². The summed E-state index contributed by atoms with van der Waals surface area (Å²) >= 11 is 0. The molecule has 62 heavy (non-hydrogen) atoms. The van der Waals surface area contributed by atoms with Gasteiger partial charge in [0.2, 0.25) is 17.7 Å². The van der Waals surface area contributed by atoms with Crippen LogP contribution in [0.4, 0.5) is 11.6 Å².